The van der Waals surface area contributed by atoms with E-state index in [4.69, 9.17) is 4.98 Å². The Hall–Kier alpha value is -3.51. The van der Waals surface area contributed by atoms with Crippen molar-refractivity contribution in [2.24, 2.45) is 5.92 Å². The van der Waals surface area contributed by atoms with Crippen LogP contribution in [-0.2, 0) is 0 Å². The molecular weight excluding hydrogens is 469 g/mol. The van der Waals surface area contributed by atoms with Gasteiger partial charge in [-0.3, -0.25) is 4.79 Å². The zero-order chi connectivity index (χ0) is 24.8. The molecule has 0 radical (unpaired) electrons. The summed E-state index contributed by atoms with van der Waals surface area (Å²) in [5.74, 6) is 0.430. The molecular formula is C30H28FN3OS. The number of likely N-dealkylation sites (tertiary alicyclic amines) is 1. The van der Waals surface area contributed by atoms with E-state index in [1.807, 2.05) is 49.1 Å². The molecule has 0 spiro atoms. The molecule has 2 fully saturated rings. The number of aryl methyl sites for hydroxylation is 2. The monoisotopic (exact) mass is 497 g/mol. The van der Waals surface area contributed by atoms with E-state index in [0.717, 1.165) is 63.0 Å². The van der Waals surface area contributed by atoms with Crippen molar-refractivity contribution in [3.05, 3.63) is 95.4 Å². The fourth-order valence-corrected chi connectivity index (χ4v) is 6.61. The quantitative estimate of drug-likeness (QED) is 0.319. The van der Waals surface area contributed by atoms with Crippen LogP contribution in [0.2, 0.25) is 0 Å². The SMILES string of the molecule is Cc1ccc(-c2ccccc2)c(C(=O)N2CC[C@H]3CN(c4nc(C)c(-c5cccc(F)c5)s4)[C@H]3C2)c1. The topological polar surface area (TPSA) is 36.4 Å². The molecule has 0 N–H and O–H groups in total. The lowest BCUT2D eigenvalue weighted by Gasteiger charge is -2.53. The highest BCUT2D eigenvalue weighted by atomic mass is 32.1. The molecule has 0 saturated carbocycles. The molecule has 2 aliphatic heterocycles. The summed E-state index contributed by atoms with van der Waals surface area (Å²) in [6, 6.07) is 23.2. The number of fused-ring (bicyclic) bond motifs is 1. The molecule has 2 saturated heterocycles. The average Bonchev–Trinajstić information content (AvgIpc) is 3.25. The molecule has 3 heterocycles. The van der Waals surface area contributed by atoms with E-state index in [0.29, 0.717) is 12.5 Å². The molecule has 6 heteroatoms. The summed E-state index contributed by atoms with van der Waals surface area (Å²) in [6.45, 7) is 6.45. The highest BCUT2D eigenvalue weighted by Crippen LogP contribution is 2.42. The zero-order valence-corrected chi connectivity index (χ0v) is 21.3. The lowest BCUT2D eigenvalue weighted by Crippen LogP contribution is -2.65. The second kappa shape index (κ2) is 9.17. The van der Waals surface area contributed by atoms with Crippen molar-refractivity contribution >= 4 is 22.4 Å². The van der Waals surface area contributed by atoms with Gasteiger partial charge in [-0.2, -0.15) is 0 Å². The van der Waals surface area contributed by atoms with Crippen LogP contribution in [0.3, 0.4) is 0 Å². The van der Waals surface area contributed by atoms with Crippen LogP contribution in [-0.4, -0.2) is 41.5 Å². The van der Waals surface area contributed by atoms with Crippen LogP contribution < -0.4 is 4.90 Å². The third-order valence-corrected chi connectivity index (χ3v) is 8.69. The maximum absolute atomic E-state index is 13.8. The smallest absolute Gasteiger partial charge is 0.254 e. The first-order valence-electron chi connectivity index (χ1n) is 12.4. The Bertz CT molecular complexity index is 1430. The van der Waals surface area contributed by atoms with E-state index >= 15 is 0 Å². The van der Waals surface area contributed by atoms with Crippen molar-refractivity contribution in [2.45, 2.75) is 26.3 Å². The number of benzene rings is 3. The van der Waals surface area contributed by atoms with E-state index in [1.54, 1.807) is 23.5 Å². The second-order valence-electron chi connectivity index (χ2n) is 9.86. The number of anilines is 1. The van der Waals surface area contributed by atoms with Gasteiger partial charge in [-0.15, -0.1) is 0 Å². The van der Waals surface area contributed by atoms with Crippen LogP contribution >= 0.6 is 11.3 Å². The minimum atomic E-state index is -0.238. The maximum Gasteiger partial charge on any atom is 0.254 e. The summed E-state index contributed by atoms with van der Waals surface area (Å²) < 4.78 is 13.8. The first kappa shape index (κ1) is 22.9. The lowest BCUT2D eigenvalue weighted by molar-refractivity contribution is 0.0593. The summed E-state index contributed by atoms with van der Waals surface area (Å²) in [5, 5.41) is 0.961. The number of rotatable bonds is 4. The van der Waals surface area contributed by atoms with Gasteiger partial charge in [0.05, 0.1) is 16.6 Å². The average molecular weight is 498 g/mol. The number of hydrogen-bond acceptors (Lipinski definition) is 4. The van der Waals surface area contributed by atoms with Gasteiger partial charge in [-0.25, -0.2) is 9.37 Å². The Kier molecular flexibility index (Phi) is 5.84. The third-order valence-electron chi connectivity index (χ3n) is 7.45. The Morgan fingerprint density at radius 1 is 0.972 bits per heavy atom. The number of carbonyl (C=O) groups is 1. The summed E-state index contributed by atoms with van der Waals surface area (Å²) in [4.78, 5) is 24.0. The van der Waals surface area contributed by atoms with Gasteiger partial charge in [0.25, 0.3) is 5.91 Å². The van der Waals surface area contributed by atoms with Crippen molar-refractivity contribution in [1.29, 1.82) is 0 Å². The van der Waals surface area contributed by atoms with Crippen LogP contribution in [0.1, 0.15) is 28.0 Å². The van der Waals surface area contributed by atoms with Gasteiger partial charge in [0, 0.05) is 31.1 Å². The molecule has 0 unspecified atom stereocenters. The molecule has 0 bridgehead atoms. The van der Waals surface area contributed by atoms with E-state index < -0.39 is 0 Å². The second-order valence-corrected chi connectivity index (χ2v) is 10.8. The van der Waals surface area contributed by atoms with Gasteiger partial charge in [0.2, 0.25) is 0 Å². The zero-order valence-electron chi connectivity index (χ0n) is 20.4. The van der Waals surface area contributed by atoms with E-state index in [-0.39, 0.29) is 17.8 Å². The van der Waals surface area contributed by atoms with Crippen LogP contribution in [0.25, 0.3) is 21.6 Å². The number of nitrogens with zero attached hydrogens (tertiary/aromatic N) is 3. The molecule has 1 amide bonds. The summed E-state index contributed by atoms with van der Waals surface area (Å²) >= 11 is 1.61. The van der Waals surface area contributed by atoms with Gasteiger partial charge in [0.1, 0.15) is 5.82 Å². The molecule has 2 atom stereocenters. The van der Waals surface area contributed by atoms with E-state index in [1.165, 1.54) is 6.07 Å². The first-order chi connectivity index (χ1) is 17.5. The van der Waals surface area contributed by atoms with Gasteiger partial charge >= 0.3 is 0 Å². The van der Waals surface area contributed by atoms with E-state index in [2.05, 4.69) is 29.2 Å². The summed E-state index contributed by atoms with van der Waals surface area (Å²) in [7, 11) is 0. The van der Waals surface area contributed by atoms with Crippen LogP contribution in [0.15, 0.2) is 72.8 Å². The van der Waals surface area contributed by atoms with Crippen LogP contribution in [0, 0.1) is 25.6 Å². The third kappa shape index (κ3) is 4.09. The molecule has 2 aliphatic rings. The van der Waals surface area contributed by atoms with Gasteiger partial charge in [0.15, 0.2) is 5.13 Å². The van der Waals surface area contributed by atoms with Gasteiger partial charge in [-0.05, 0) is 55.2 Å². The number of aromatic nitrogens is 1. The van der Waals surface area contributed by atoms with Gasteiger partial charge in [-0.1, -0.05) is 71.5 Å². The molecule has 3 aromatic carbocycles. The number of halogens is 1. The normalized spacial score (nSPS) is 19.1. The van der Waals surface area contributed by atoms with Crippen LogP contribution in [0.4, 0.5) is 9.52 Å². The lowest BCUT2D eigenvalue weighted by atomic mass is 9.82. The Morgan fingerprint density at radius 3 is 2.58 bits per heavy atom. The predicted molar refractivity (Wildman–Crippen MR) is 144 cm³/mol. The minimum absolute atomic E-state index is 0.0959. The standard InChI is InChI=1S/C30H28FN3OS/c1-19-11-12-25(21-7-4-3-5-8-21)26(15-19)29(35)33-14-13-23-17-34(27(23)18-33)30-32-20(2)28(36-30)22-9-6-10-24(31)16-22/h3-12,15-16,23,27H,13-14,17-18H2,1-2H3/t23-,27-/m0/s1. The molecule has 0 aliphatic carbocycles. The predicted octanol–water partition coefficient (Wildman–Crippen LogP) is 6.58. The number of hydrogen-bond donors (Lipinski definition) is 0. The Labute approximate surface area is 215 Å². The Balaban J connectivity index is 1.24. The molecule has 6 rings (SSSR count). The molecule has 1 aromatic heterocycles. The van der Waals surface area contributed by atoms with E-state index in [9.17, 15) is 9.18 Å². The van der Waals surface area contributed by atoms with Crippen LogP contribution in [0.5, 0.6) is 0 Å². The first-order valence-corrected chi connectivity index (χ1v) is 13.2. The molecule has 182 valence electrons. The van der Waals surface area contributed by atoms with Crippen molar-refractivity contribution in [1.82, 2.24) is 9.88 Å². The largest absolute Gasteiger partial charge is 0.343 e. The molecule has 4 nitrogen and oxygen atoms in total. The highest BCUT2D eigenvalue weighted by molar-refractivity contribution is 7.19. The van der Waals surface area contributed by atoms with Gasteiger partial charge < -0.3 is 9.80 Å². The number of amides is 1. The van der Waals surface area contributed by atoms with Crippen molar-refractivity contribution in [2.75, 3.05) is 24.5 Å². The molecule has 36 heavy (non-hydrogen) atoms. The fraction of sp³-hybridized carbons (Fsp3) is 0.267. The minimum Gasteiger partial charge on any atom is -0.343 e. The maximum atomic E-state index is 13.8. The summed E-state index contributed by atoms with van der Waals surface area (Å²) in [6.07, 6.45) is 1.00. The number of carbonyl (C=O) groups excluding carboxylic acids is 1. The summed E-state index contributed by atoms with van der Waals surface area (Å²) in [5.41, 5.74) is 5.67. The van der Waals surface area contributed by atoms with Crippen molar-refractivity contribution in [3.63, 3.8) is 0 Å². The number of piperidine rings is 1. The van der Waals surface area contributed by atoms with Crippen molar-refractivity contribution < 1.29 is 9.18 Å². The molecule has 4 aromatic rings. The number of thiazole rings is 1. The fourth-order valence-electron chi connectivity index (χ4n) is 5.48. The highest BCUT2D eigenvalue weighted by Gasteiger charge is 2.45. The van der Waals surface area contributed by atoms with Crippen molar-refractivity contribution in [3.8, 4) is 21.6 Å². The Morgan fingerprint density at radius 2 is 1.78 bits per heavy atom.